The van der Waals surface area contributed by atoms with Crippen molar-refractivity contribution in [2.24, 2.45) is 0 Å². The molecule has 1 rings (SSSR count). The van der Waals surface area contributed by atoms with Crippen molar-refractivity contribution in [1.82, 2.24) is 0 Å². The fourth-order valence-corrected chi connectivity index (χ4v) is 1.41. The molecule has 0 unspecified atom stereocenters. The third-order valence-corrected chi connectivity index (χ3v) is 2.28. The summed E-state index contributed by atoms with van der Waals surface area (Å²) >= 11 is 0. The first-order valence-electron chi connectivity index (χ1n) is 5.09. The summed E-state index contributed by atoms with van der Waals surface area (Å²) in [7, 11) is 0. The molecule has 0 aromatic heterocycles. The van der Waals surface area contributed by atoms with Crippen LogP contribution in [0.5, 0.6) is 0 Å². The molecule has 0 radical (unpaired) electrons. The molecule has 1 aromatic rings. The van der Waals surface area contributed by atoms with E-state index in [0.29, 0.717) is 0 Å². The summed E-state index contributed by atoms with van der Waals surface area (Å²) in [5.74, 6) is 0. The second-order valence-electron chi connectivity index (χ2n) is 3.53. The van der Waals surface area contributed by atoms with Gasteiger partial charge in [-0.2, -0.15) is 0 Å². The van der Waals surface area contributed by atoms with E-state index in [1.165, 1.54) is 16.7 Å². The number of allylic oxidation sites excluding steroid dienone is 4. The van der Waals surface area contributed by atoms with Crippen molar-refractivity contribution in [2.75, 3.05) is 0 Å². The van der Waals surface area contributed by atoms with Gasteiger partial charge < -0.3 is 0 Å². The van der Waals surface area contributed by atoms with Crippen LogP contribution < -0.4 is 0 Å². The van der Waals surface area contributed by atoms with E-state index in [2.05, 4.69) is 63.3 Å². The van der Waals surface area contributed by atoms with Gasteiger partial charge in [0.15, 0.2) is 0 Å². The largest absolute Gasteiger partial charge is 0.0874 e. The quantitative estimate of drug-likeness (QED) is 0.624. The van der Waals surface area contributed by atoms with E-state index >= 15 is 0 Å². The average molecular weight is 186 g/mol. The first kappa shape index (κ1) is 10.8. The molecule has 0 heteroatoms. The molecule has 0 saturated heterocycles. The van der Waals surface area contributed by atoms with Crippen LogP contribution in [0, 0.1) is 6.92 Å². The molecule has 0 saturated carbocycles. The van der Waals surface area contributed by atoms with Crippen molar-refractivity contribution < 1.29 is 0 Å². The molecule has 0 aliphatic carbocycles. The summed E-state index contributed by atoms with van der Waals surface area (Å²) in [5, 5.41) is 0. The number of benzene rings is 1. The Hall–Kier alpha value is -1.30. The van der Waals surface area contributed by atoms with Crippen molar-refractivity contribution in [3.63, 3.8) is 0 Å². The van der Waals surface area contributed by atoms with Gasteiger partial charge in [-0.05, 0) is 38.3 Å². The van der Waals surface area contributed by atoms with E-state index < -0.39 is 0 Å². The lowest BCUT2D eigenvalue weighted by molar-refractivity contribution is 1.18. The average Bonchev–Trinajstić information content (AvgIpc) is 2.20. The molecule has 0 heterocycles. The second kappa shape index (κ2) is 5.43. The zero-order chi connectivity index (χ0) is 10.4. The van der Waals surface area contributed by atoms with Gasteiger partial charge in [-0.1, -0.05) is 48.1 Å². The van der Waals surface area contributed by atoms with Gasteiger partial charge >= 0.3 is 0 Å². The maximum Gasteiger partial charge on any atom is -0.00292 e. The maximum atomic E-state index is 2.20. The monoisotopic (exact) mass is 186 g/mol. The van der Waals surface area contributed by atoms with Gasteiger partial charge in [0.05, 0.1) is 0 Å². The molecule has 0 aliphatic rings. The number of rotatable bonds is 3. The summed E-state index contributed by atoms with van der Waals surface area (Å²) < 4.78 is 0. The van der Waals surface area contributed by atoms with E-state index in [-0.39, 0.29) is 0 Å². The van der Waals surface area contributed by atoms with Crippen LogP contribution in [0.25, 0.3) is 0 Å². The van der Waals surface area contributed by atoms with E-state index in [9.17, 15) is 0 Å². The summed E-state index contributed by atoms with van der Waals surface area (Å²) in [6.07, 6.45) is 7.45. The molecule has 0 fully saturated rings. The smallest absolute Gasteiger partial charge is 0.00292 e. The van der Waals surface area contributed by atoms with Crippen LogP contribution in [0.1, 0.15) is 25.0 Å². The van der Waals surface area contributed by atoms with E-state index in [1.54, 1.807) is 0 Å². The SMILES string of the molecule is CC=CC(=CC)Cc1ccc(C)cc1. The summed E-state index contributed by atoms with van der Waals surface area (Å²) in [5.41, 5.74) is 4.07. The minimum Gasteiger partial charge on any atom is -0.0874 e. The van der Waals surface area contributed by atoms with Crippen LogP contribution in [0.2, 0.25) is 0 Å². The minimum absolute atomic E-state index is 1.03. The van der Waals surface area contributed by atoms with Crippen molar-refractivity contribution in [3.8, 4) is 0 Å². The highest BCUT2D eigenvalue weighted by Gasteiger charge is 1.94. The molecular formula is C14H18. The Kier molecular flexibility index (Phi) is 4.18. The van der Waals surface area contributed by atoms with Crippen LogP contribution in [-0.2, 0) is 6.42 Å². The Balaban J connectivity index is 2.73. The molecule has 74 valence electrons. The van der Waals surface area contributed by atoms with Gasteiger partial charge in [0.2, 0.25) is 0 Å². The number of hydrogen-bond acceptors (Lipinski definition) is 0. The molecule has 0 amide bonds. The van der Waals surface area contributed by atoms with Gasteiger partial charge in [0, 0.05) is 0 Å². The summed E-state index contributed by atoms with van der Waals surface area (Å²) in [6.45, 7) is 6.26. The standard InChI is InChI=1S/C14H18/c1-4-6-13(5-2)11-14-9-7-12(3)8-10-14/h4-10H,11H2,1-3H3. The molecular weight excluding hydrogens is 168 g/mol. The van der Waals surface area contributed by atoms with Crippen molar-refractivity contribution in [2.45, 2.75) is 27.2 Å². The molecule has 0 nitrogen and oxygen atoms in total. The van der Waals surface area contributed by atoms with Gasteiger partial charge in [0.1, 0.15) is 0 Å². The van der Waals surface area contributed by atoms with E-state index in [4.69, 9.17) is 0 Å². The van der Waals surface area contributed by atoms with E-state index in [0.717, 1.165) is 6.42 Å². The first-order valence-corrected chi connectivity index (χ1v) is 5.09. The topological polar surface area (TPSA) is 0 Å². The van der Waals surface area contributed by atoms with Crippen molar-refractivity contribution >= 4 is 0 Å². The fourth-order valence-electron chi connectivity index (χ4n) is 1.41. The van der Waals surface area contributed by atoms with Crippen LogP contribution in [0.15, 0.2) is 48.1 Å². The van der Waals surface area contributed by atoms with Gasteiger partial charge in [-0.3, -0.25) is 0 Å². The third-order valence-electron chi connectivity index (χ3n) is 2.28. The van der Waals surface area contributed by atoms with Crippen LogP contribution >= 0.6 is 0 Å². The highest BCUT2D eigenvalue weighted by Crippen LogP contribution is 2.10. The Bertz CT molecular complexity index is 326. The Labute approximate surface area is 87.0 Å². The molecule has 0 aliphatic heterocycles. The zero-order valence-corrected chi connectivity index (χ0v) is 9.25. The van der Waals surface area contributed by atoms with Crippen LogP contribution in [0.3, 0.4) is 0 Å². The molecule has 1 aromatic carbocycles. The normalized spacial score (nSPS) is 12.4. The zero-order valence-electron chi connectivity index (χ0n) is 9.25. The molecule has 0 N–H and O–H groups in total. The van der Waals surface area contributed by atoms with Gasteiger partial charge in [0.25, 0.3) is 0 Å². The van der Waals surface area contributed by atoms with Crippen molar-refractivity contribution in [3.05, 3.63) is 59.2 Å². The Morgan fingerprint density at radius 2 is 1.79 bits per heavy atom. The molecule has 0 spiro atoms. The van der Waals surface area contributed by atoms with Crippen LogP contribution in [-0.4, -0.2) is 0 Å². The maximum absolute atomic E-state index is 2.20. The fraction of sp³-hybridized carbons (Fsp3) is 0.286. The number of aryl methyl sites for hydroxylation is 1. The van der Waals surface area contributed by atoms with E-state index in [1.807, 2.05) is 0 Å². The first-order chi connectivity index (χ1) is 6.76. The van der Waals surface area contributed by atoms with Gasteiger partial charge in [-0.15, -0.1) is 0 Å². The Morgan fingerprint density at radius 3 is 2.29 bits per heavy atom. The summed E-state index contributed by atoms with van der Waals surface area (Å²) in [4.78, 5) is 0. The highest BCUT2D eigenvalue weighted by molar-refractivity contribution is 5.29. The van der Waals surface area contributed by atoms with Gasteiger partial charge in [-0.25, -0.2) is 0 Å². The predicted octanol–water partition coefficient (Wildman–Crippen LogP) is 4.06. The van der Waals surface area contributed by atoms with Crippen molar-refractivity contribution in [1.29, 1.82) is 0 Å². The summed E-state index contributed by atoms with van der Waals surface area (Å²) in [6, 6.07) is 8.72. The molecule has 14 heavy (non-hydrogen) atoms. The highest BCUT2D eigenvalue weighted by atomic mass is 14.0. The molecule has 0 bridgehead atoms. The number of hydrogen-bond donors (Lipinski definition) is 0. The molecule has 0 atom stereocenters. The lowest BCUT2D eigenvalue weighted by Crippen LogP contribution is -1.87. The Morgan fingerprint density at radius 1 is 1.14 bits per heavy atom. The third kappa shape index (κ3) is 3.21. The van der Waals surface area contributed by atoms with Crippen LogP contribution in [0.4, 0.5) is 0 Å². The second-order valence-corrected chi connectivity index (χ2v) is 3.53. The lowest BCUT2D eigenvalue weighted by Gasteiger charge is -2.02. The predicted molar refractivity (Wildman–Crippen MR) is 63.5 cm³/mol. The lowest BCUT2D eigenvalue weighted by atomic mass is 10.0. The minimum atomic E-state index is 1.03.